The molecular weight excluding hydrogens is 442 g/mol. The summed E-state index contributed by atoms with van der Waals surface area (Å²) in [6.07, 6.45) is 19.7. The molecule has 0 aliphatic carbocycles. The van der Waals surface area contributed by atoms with Crippen molar-refractivity contribution >= 4 is 0 Å². The fourth-order valence-corrected chi connectivity index (χ4v) is 4.19. The fourth-order valence-electron chi connectivity index (χ4n) is 4.19. The van der Waals surface area contributed by atoms with Crippen molar-refractivity contribution in [3.63, 3.8) is 0 Å². The van der Waals surface area contributed by atoms with Crippen molar-refractivity contribution in [2.75, 3.05) is 6.79 Å². The van der Waals surface area contributed by atoms with Crippen molar-refractivity contribution in [3.8, 4) is 11.5 Å². The minimum Gasteiger partial charge on any atom is -0.454 e. The van der Waals surface area contributed by atoms with Crippen LogP contribution in [0.2, 0.25) is 0 Å². The molecule has 0 spiro atoms. The average molecular weight is 492 g/mol. The number of fused-ring (bicyclic) bond motifs is 1. The highest BCUT2D eigenvalue weighted by Crippen LogP contribution is 2.32. The molecule has 1 aromatic rings. The zero-order valence-corrected chi connectivity index (χ0v) is 23.9. The maximum Gasteiger partial charge on any atom is 0.231 e. The Bertz CT molecular complexity index is 969. The Morgan fingerprint density at radius 3 is 2.00 bits per heavy atom. The van der Waals surface area contributed by atoms with Gasteiger partial charge in [0.05, 0.1) is 0 Å². The third kappa shape index (κ3) is 12.4. The SMILES string of the molecule is CC(C)=CCCC(C)=CCCC(C)=CCC(/C=C(\C)CCC=C(C)C)NCc1ccc2c(c1)OCO2. The second-order valence-electron chi connectivity index (χ2n) is 10.7. The van der Waals surface area contributed by atoms with Crippen LogP contribution in [0.5, 0.6) is 11.5 Å². The first-order valence-electron chi connectivity index (χ1n) is 13.6. The van der Waals surface area contributed by atoms with Gasteiger partial charge in [-0.15, -0.1) is 0 Å². The maximum atomic E-state index is 5.55. The maximum absolute atomic E-state index is 5.55. The van der Waals surface area contributed by atoms with Crippen molar-refractivity contribution in [2.24, 2.45) is 0 Å². The van der Waals surface area contributed by atoms with Crippen LogP contribution >= 0.6 is 0 Å². The highest BCUT2D eigenvalue weighted by Gasteiger charge is 2.13. The standard InChI is InChI=1S/C33H49NO2/c1-25(2)11-8-13-27(5)14-10-15-28(6)17-19-31(21-29(7)16-9-12-26(3)4)34-23-30-18-20-32-33(22-30)36-24-35-32/h11-12,14,17-18,20-22,31,34H,8-10,13,15-16,19,23-24H2,1-7H3/b27-14?,28-17?,29-21+. The van der Waals surface area contributed by atoms with Gasteiger partial charge in [0.1, 0.15) is 0 Å². The van der Waals surface area contributed by atoms with E-state index in [4.69, 9.17) is 9.47 Å². The van der Waals surface area contributed by atoms with Gasteiger partial charge in [0.15, 0.2) is 11.5 Å². The molecule has 0 bridgehead atoms. The largest absolute Gasteiger partial charge is 0.454 e. The van der Waals surface area contributed by atoms with Gasteiger partial charge in [0.25, 0.3) is 0 Å². The summed E-state index contributed by atoms with van der Waals surface area (Å²) in [7, 11) is 0. The van der Waals surface area contributed by atoms with E-state index < -0.39 is 0 Å². The molecule has 36 heavy (non-hydrogen) atoms. The molecule has 1 atom stereocenters. The molecule has 0 fully saturated rings. The molecule has 3 nitrogen and oxygen atoms in total. The average Bonchev–Trinajstić information content (AvgIpc) is 3.28. The smallest absolute Gasteiger partial charge is 0.231 e. The summed E-state index contributed by atoms with van der Waals surface area (Å²) in [5.41, 5.74) is 8.42. The molecule has 1 N–H and O–H groups in total. The summed E-state index contributed by atoms with van der Waals surface area (Å²) in [5.74, 6) is 1.68. The predicted molar refractivity (Wildman–Crippen MR) is 156 cm³/mol. The minimum atomic E-state index is 0.304. The zero-order valence-electron chi connectivity index (χ0n) is 23.9. The second kappa shape index (κ2) is 16.3. The Morgan fingerprint density at radius 2 is 1.33 bits per heavy atom. The van der Waals surface area contributed by atoms with Gasteiger partial charge in [-0.25, -0.2) is 0 Å². The third-order valence-electron chi connectivity index (χ3n) is 6.43. The molecule has 0 amide bonds. The topological polar surface area (TPSA) is 30.5 Å². The quantitative estimate of drug-likeness (QED) is 0.248. The van der Waals surface area contributed by atoms with Gasteiger partial charge < -0.3 is 14.8 Å². The van der Waals surface area contributed by atoms with Crippen LogP contribution in [0.25, 0.3) is 0 Å². The molecule has 1 aromatic carbocycles. The number of hydrogen-bond acceptors (Lipinski definition) is 3. The summed E-state index contributed by atoms with van der Waals surface area (Å²) in [5, 5.41) is 3.77. The molecule has 1 heterocycles. The first-order chi connectivity index (χ1) is 17.2. The number of nitrogens with one attached hydrogen (secondary N) is 1. The molecular formula is C33H49NO2. The number of hydrogen-bond donors (Lipinski definition) is 1. The molecule has 1 aliphatic heterocycles. The van der Waals surface area contributed by atoms with E-state index >= 15 is 0 Å². The van der Waals surface area contributed by atoms with Crippen LogP contribution in [-0.2, 0) is 6.54 Å². The summed E-state index contributed by atoms with van der Waals surface area (Å²) in [6.45, 7) is 16.6. The van der Waals surface area contributed by atoms with Crippen LogP contribution in [0, 0.1) is 0 Å². The normalized spacial score (nSPS) is 14.6. The lowest BCUT2D eigenvalue weighted by atomic mass is 10.0. The number of allylic oxidation sites excluding steroid dienone is 8. The first-order valence-corrected chi connectivity index (χ1v) is 13.6. The molecule has 198 valence electrons. The molecule has 1 unspecified atom stereocenters. The highest BCUT2D eigenvalue weighted by atomic mass is 16.7. The van der Waals surface area contributed by atoms with Crippen LogP contribution in [0.3, 0.4) is 0 Å². The van der Waals surface area contributed by atoms with Crippen LogP contribution in [0.1, 0.15) is 99.0 Å². The summed E-state index contributed by atoms with van der Waals surface area (Å²) in [4.78, 5) is 0. The number of ether oxygens (including phenoxy) is 2. The Hall–Kier alpha value is -2.52. The summed E-state index contributed by atoms with van der Waals surface area (Å²) in [6, 6.07) is 6.52. The molecule has 0 radical (unpaired) electrons. The predicted octanol–water partition coefficient (Wildman–Crippen LogP) is 9.38. The first kappa shape index (κ1) is 29.7. The van der Waals surface area contributed by atoms with Crippen molar-refractivity contribution in [3.05, 3.63) is 82.0 Å². The van der Waals surface area contributed by atoms with Crippen molar-refractivity contribution in [1.82, 2.24) is 5.32 Å². The van der Waals surface area contributed by atoms with Gasteiger partial charge in [0, 0.05) is 12.6 Å². The summed E-state index contributed by atoms with van der Waals surface area (Å²) < 4.78 is 11.0. The Morgan fingerprint density at radius 1 is 0.750 bits per heavy atom. The zero-order chi connectivity index (χ0) is 26.3. The fraction of sp³-hybridized carbons (Fsp3) is 0.515. The van der Waals surface area contributed by atoms with Crippen LogP contribution < -0.4 is 14.8 Å². The van der Waals surface area contributed by atoms with Gasteiger partial charge in [-0.3, -0.25) is 0 Å². The van der Waals surface area contributed by atoms with Crippen LogP contribution in [0.15, 0.2) is 76.4 Å². The number of benzene rings is 1. The molecule has 2 rings (SSSR count). The monoisotopic (exact) mass is 491 g/mol. The van der Waals surface area contributed by atoms with Crippen molar-refractivity contribution < 1.29 is 9.47 Å². The Kier molecular flexibility index (Phi) is 13.4. The van der Waals surface area contributed by atoms with Gasteiger partial charge in [-0.2, -0.15) is 0 Å². The highest BCUT2D eigenvalue weighted by molar-refractivity contribution is 5.44. The van der Waals surface area contributed by atoms with Gasteiger partial charge in [0.2, 0.25) is 6.79 Å². The lowest BCUT2D eigenvalue weighted by Crippen LogP contribution is -2.26. The van der Waals surface area contributed by atoms with E-state index in [0.717, 1.165) is 63.0 Å². The van der Waals surface area contributed by atoms with Gasteiger partial charge in [-0.05, 0) is 111 Å². The van der Waals surface area contributed by atoms with Gasteiger partial charge >= 0.3 is 0 Å². The molecule has 0 aromatic heterocycles. The van der Waals surface area contributed by atoms with E-state index in [9.17, 15) is 0 Å². The Labute approximate surface area is 221 Å². The van der Waals surface area contributed by atoms with E-state index in [-0.39, 0.29) is 0 Å². The van der Waals surface area contributed by atoms with Crippen LogP contribution in [0.4, 0.5) is 0 Å². The van der Waals surface area contributed by atoms with Gasteiger partial charge in [-0.1, -0.05) is 64.3 Å². The second-order valence-corrected chi connectivity index (χ2v) is 10.7. The van der Waals surface area contributed by atoms with E-state index in [0.29, 0.717) is 12.8 Å². The van der Waals surface area contributed by atoms with E-state index in [2.05, 4.69) is 96.3 Å². The Balaban J connectivity index is 1.94. The van der Waals surface area contributed by atoms with Crippen molar-refractivity contribution in [2.45, 2.75) is 106 Å². The molecule has 3 heteroatoms. The molecule has 0 saturated carbocycles. The lowest BCUT2D eigenvalue weighted by molar-refractivity contribution is 0.174. The van der Waals surface area contributed by atoms with E-state index in [1.54, 1.807) is 0 Å². The van der Waals surface area contributed by atoms with E-state index in [1.165, 1.54) is 33.4 Å². The minimum absolute atomic E-state index is 0.304. The molecule has 0 saturated heterocycles. The molecule has 1 aliphatic rings. The van der Waals surface area contributed by atoms with E-state index in [1.807, 2.05) is 6.07 Å². The summed E-state index contributed by atoms with van der Waals surface area (Å²) >= 11 is 0. The number of rotatable bonds is 15. The van der Waals surface area contributed by atoms with Crippen LogP contribution in [-0.4, -0.2) is 12.8 Å². The third-order valence-corrected chi connectivity index (χ3v) is 6.43. The van der Waals surface area contributed by atoms with Crippen molar-refractivity contribution in [1.29, 1.82) is 0 Å². The lowest BCUT2D eigenvalue weighted by Gasteiger charge is -2.16.